The molecule has 88 valence electrons. The lowest BCUT2D eigenvalue weighted by Gasteiger charge is -2.07. The molecule has 1 aromatic heterocycles. The molecule has 0 aliphatic rings. The first kappa shape index (κ1) is 11.6. The van der Waals surface area contributed by atoms with Crippen molar-refractivity contribution in [3.63, 3.8) is 0 Å². The predicted molar refractivity (Wildman–Crippen MR) is 66.3 cm³/mol. The SMILES string of the molecule is COc1ccccc1C(=O)NCc1nccs1. The summed E-state index contributed by atoms with van der Waals surface area (Å²) in [4.78, 5) is 16.0. The van der Waals surface area contributed by atoms with Crippen molar-refractivity contribution < 1.29 is 9.53 Å². The van der Waals surface area contributed by atoms with E-state index >= 15 is 0 Å². The van der Waals surface area contributed by atoms with Gasteiger partial charge in [-0.1, -0.05) is 12.1 Å². The number of ether oxygens (including phenoxy) is 1. The fourth-order valence-corrected chi connectivity index (χ4v) is 1.98. The highest BCUT2D eigenvalue weighted by Crippen LogP contribution is 2.17. The van der Waals surface area contributed by atoms with E-state index in [2.05, 4.69) is 10.3 Å². The Labute approximate surface area is 103 Å². The smallest absolute Gasteiger partial charge is 0.255 e. The summed E-state index contributed by atoms with van der Waals surface area (Å²) in [5.74, 6) is 0.418. The lowest BCUT2D eigenvalue weighted by molar-refractivity contribution is 0.0948. The molecule has 4 nitrogen and oxygen atoms in total. The van der Waals surface area contributed by atoms with Gasteiger partial charge in [0.15, 0.2) is 0 Å². The minimum absolute atomic E-state index is 0.155. The zero-order valence-corrected chi connectivity index (χ0v) is 10.2. The standard InChI is InChI=1S/C12H12N2O2S/c1-16-10-5-3-2-4-9(10)12(15)14-8-11-13-6-7-17-11/h2-7H,8H2,1H3,(H,14,15). The highest BCUT2D eigenvalue weighted by Gasteiger charge is 2.10. The highest BCUT2D eigenvalue weighted by molar-refractivity contribution is 7.09. The third kappa shape index (κ3) is 2.82. The van der Waals surface area contributed by atoms with Crippen molar-refractivity contribution in [2.45, 2.75) is 6.54 Å². The molecule has 2 aromatic rings. The number of hydrogen-bond donors (Lipinski definition) is 1. The molecule has 0 bridgehead atoms. The van der Waals surface area contributed by atoms with E-state index in [-0.39, 0.29) is 5.91 Å². The quantitative estimate of drug-likeness (QED) is 0.901. The van der Waals surface area contributed by atoms with E-state index in [0.717, 1.165) is 5.01 Å². The van der Waals surface area contributed by atoms with Crippen molar-refractivity contribution in [2.75, 3.05) is 7.11 Å². The van der Waals surface area contributed by atoms with E-state index in [1.165, 1.54) is 11.3 Å². The van der Waals surface area contributed by atoms with Gasteiger partial charge < -0.3 is 10.1 Å². The maximum atomic E-state index is 11.9. The molecule has 5 heteroatoms. The number of nitrogens with zero attached hydrogens (tertiary/aromatic N) is 1. The molecule has 2 rings (SSSR count). The molecular formula is C12H12N2O2S. The summed E-state index contributed by atoms with van der Waals surface area (Å²) in [7, 11) is 1.55. The van der Waals surface area contributed by atoms with Crippen LogP contribution in [0.15, 0.2) is 35.8 Å². The number of thiazole rings is 1. The first-order valence-electron chi connectivity index (χ1n) is 5.11. The highest BCUT2D eigenvalue weighted by atomic mass is 32.1. The Morgan fingerprint density at radius 2 is 2.29 bits per heavy atom. The Morgan fingerprint density at radius 1 is 1.47 bits per heavy atom. The normalized spacial score (nSPS) is 9.94. The molecule has 0 aliphatic heterocycles. The Morgan fingerprint density at radius 3 is 3.00 bits per heavy atom. The van der Waals surface area contributed by atoms with Gasteiger partial charge in [-0.3, -0.25) is 4.79 Å². The molecule has 0 fully saturated rings. The van der Waals surface area contributed by atoms with Gasteiger partial charge in [-0.25, -0.2) is 4.98 Å². The fourth-order valence-electron chi connectivity index (χ4n) is 1.42. The number of hydrogen-bond acceptors (Lipinski definition) is 4. The van der Waals surface area contributed by atoms with Crippen LogP contribution in [0.5, 0.6) is 5.75 Å². The van der Waals surface area contributed by atoms with Crippen LogP contribution in [0.1, 0.15) is 15.4 Å². The van der Waals surface area contributed by atoms with E-state index in [4.69, 9.17) is 4.74 Å². The molecule has 0 unspecified atom stereocenters. The van der Waals surface area contributed by atoms with Crippen LogP contribution in [0.3, 0.4) is 0 Å². The first-order chi connectivity index (χ1) is 8.31. The van der Waals surface area contributed by atoms with Gasteiger partial charge >= 0.3 is 0 Å². The molecule has 1 aromatic carbocycles. The van der Waals surface area contributed by atoms with Gasteiger partial charge in [-0.05, 0) is 12.1 Å². The second-order valence-electron chi connectivity index (χ2n) is 3.31. The summed E-state index contributed by atoms with van der Waals surface area (Å²) in [6.45, 7) is 0.439. The van der Waals surface area contributed by atoms with Crippen molar-refractivity contribution in [3.8, 4) is 5.75 Å². The second-order valence-corrected chi connectivity index (χ2v) is 4.29. The van der Waals surface area contributed by atoms with Gasteiger partial charge in [-0.2, -0.15) is 0 Å². The van der Waals surface area contributed by atoms with Crippen molar-refractivity contribution in [1.82, 2.24) is 10.3 Å². The van der Waals surface area contributed by atoms with Crippen LogP contribution in [0.4, 0.5) is 0 Å². The van der Waals surface area contributed by atoms with Gasteiger partial charge in [0.2, 0.25) is 0 Å². The van der Waals surface area contributed by atoms with Crippen molar-refractivity contribution >= 4 is 17.2 Å². The number of carbonyl (C=O) groups is 1. The number of nitrogens with one attached hydrogen (secondary N) is 1. The van der Waals surface area contributed by atoms with E-state index in [0.29, 0.717) is 17.9 Å². The maximum absolute atomic E-state index is 11.9. The molecular weight excluding hydrogens is 236 g/mol. The Kier molecular flexibility index (Phi) is 3.72. The van der Waals surface area contributed by atoms with E-state index in [1.54, 1.807) is 31.5 Å². The van der Waals surface area contributed by atoms with E-state index < -0.39 is 0 Å². The number of aromatic nitrogens is 1. The molecule has 1 amide bonds. The number of amides is 1. The lowest BCUT2D eigenvalue weighted by atomic mass is 10.2. The van der Waals surface area contributed by atoms with Gasteiger partial charge in [0, 0.05) is 11.6 Å². The Bertz CT molecular complexity index is 497. The van der Waals surface area contributed by atoms with Crippen LogP contribution in [-0.4, -0.2) is 18.0 Å². The maximum Gasteiger partial charge on any atom is 0.255 e. The molecule has 0 saturated heterocycles. The molecule has 0 aliphatic carbocycles. The number of methoxy groups -OCH3 is 1. The van der Waals surface area contributed by atoms with Gasteiger partial charge in [0.05, 0.1) is 19.2 Å². The number of para-hydroxylation sites is 1. The van der Waals surface area contributed by atoms with Crippen LogP contribution in [0, 0.1) is 0 Å². The summed E-state index contributed by atoms with van der Waals surface area (Å²) in [5, 5.41) is 5.57. The van der Waals surface area contributed by atoms with Crippen molar-refractivity contribution in [1.29, 1.82) is 0 Å². The lowest BCUT2D eigenvalue weighted by Crippen LogP contribution is -2.23. The average Bonchev–Trinajstić information content (AvgIpc) is 2.89. The first-order valence-corrected chi connectivity index (χ1v) is 5.99. The summed E-state index contributed by atoms with van der Waals surface area (Å²) in [6, 6.07) is 7.13. The van der Waals surface area contributed by atoms with Crippen molar-refractivity contribution in [2.24, 2.45) is 0 Å². The molecule has 0 saturated carbocycles. The average molecular weight is 248 g/mol. The van der Waals surface area contributed by atoms with Crippen LogP contribution in [-0.2, 0) is 6.54 Å². The third-order valence-electron chi connectivity index (χ3n) is 2.24. The van der Waals surface area contributed by atoms with Gasteiger partial charge in [0.1, 0.15) is 10.8 Å². The predicted octanol–water partition coefficient (Wildman–Crippen LogP) is 2.08. The van der Waals surface area contributed by atoms with Gasteiger partial charge in [0.25, 0.3) is 5.91 Å². The minimum Gasteiger partial charge on any atom is -0.496 e. The molecule has 0 radical (unpaired) electrons. The minimum atomic E-state index is -0.155. The van der Waals surface area contributed by atoms with Crippen LogP contribution in [0.2, 0.25) is 0 Å². The monoisotopic (exact) mass is 248 g/mol. The van der Waals surface area contributed by atoms with Crippen LogP contribution >= 0.6 is 11.3 Å². The Balaban J connectivity index is 2.04. The fraction of sp³-hybridized carbons (Fsp3) is 0.167. The van der Waals surface area contributed by atoms with Crippen LogP contribution in [0.25, 0.3) is 0 Å². The molecule has 0 spiro atoms. The van der Waals surface area contributed by atoms with E-state index in [9.17, 15) is 4.79 Å². The second kappa shape index (κ2) is 5.45. The van der Waals surface area contributed by atoms with Crippen molar-refractivity contribution in [3.05, 3.63) is 46.4 Å². The summed E-state index contributed by atoms with van der Waals surface area (Å²) in [6.07, 6.45) is 1.72. The number of rotatable bonds is 4. The molecule has 17 heavy (non-hydrogen) atoms. The summed E-state index contributed by atoms with van der Waals surface area (Å²) < 4.78 is 5.13. The van der Waals surface area contributed by atoms with Crippen LogP contribution < -0.4 is 10.1 Å². The zero-order valence-electron chi connectivity index (χ0n) is 9.34. The number of benzene rings is 1. The largest absolute Gasteiger partial charge is 0.496 e. The Hall–Kier alpha value is -1.88. The third-order valence-corrected chi connectivity index (χ3v) is 3.01. The summed E-state index contributed by atoms with van der Waals surface area (Å²) >= 11 is 1.51. The zero-order chi connectivity index (χ0) is 12.1. The van der Waals surface area contributed by atoms with Gasteiger partial charge in [-0.15, -0.1) is 11.3 Å². The summed E-state index contributed by atoms with van der Waals surface area (Å²) in [5.41, 5.74) is 0.534. The molecule has 1 heterocycles. The van der Waals surface area contributed by atoms with E-state index in [1.807, 2.05) is 11.4 Å². The topological polar surface area (TPSA) is 51.2 Å². The molecule has 1 N–H and O–H groups in total. The molecule has 0 atom stereocenters. The number of carbonyl (C=O) groups excluding carboxylic acids is 1.